The molecule has 218 valence electrons. The maximum atomic E-state index is 12.9. The van der Waals surface area contributed by atoms with Crippen LogP contribution in [0.4, 0.5) is 0 Å². The van der Waals surface area contributed by atoms with Crippen LogP contribution in [-0.2, 0) is 17.6 Å². The summed E-state index contributed by atoms with van der Waals surface area (Å²) in [5, 5.41) is 36.8. The topological polar surface area (TPSA) is 128 Å². The third-order valence-corrected chi connectivity index (χ3v) is 9.38. The van der Waals surface area contributed by atoms with Crippen molar-refractivity contribution >= 4 is 5.91 Å². The Morgan fingerprint density at radius 1 is 1.17 bits per heavy atom. The first-order valence-electron chi connectivity index (χ1n) is 14.3. The van der Waals surface area contributed by atoms with Gasteiger partial charge in [-0.25, -0.2) is 0 Å². The summed E-state index contributed by atoms with van der Waals surface area (Å²) in [4.78, 5) is 17.3. The molecule has 0 aromatic heterocycles. The summed E-state index contributed by atoms with van der Waals surface area (Å²) in [7, 11) is 3.56. The van der Waals surface area contributed by atoms with Crippen LogP contribution in [0.15, 0.2) is 6.07 Å². The second-order valence-electron chi connectivity index (χ2n) is 12.2. The first-order chi connectivity index (χ1) is 19.6. The lowest BCUT2D eigenvalue weighted by atomic mass is 9.71. The number of nitrogens with one attached hydrogen (secondary N) is 1. The number of nitriles is 1. The highest BCUT2D eigenvalue weighted by Gasteiger charge is 2.56. The van der Waals surface area contributed by atoms with E-state index < -0.39 is 12.1 Å². The van der Waals surface area contributed by atoms with Crippen molar-refractivity contribution in [2.24, 2.45) is 5.92 Å². The number of hydrogen-bond donors (Lipinski definition) is 3. The third-order valence-electron chi connectivity index (χ3n) is 9.38. The molecule has 4 aliphatic rings. The number of methoxy groups -OCH3 is 1. The van der Waals surface area contributed by atoms with Crippen LogP contribution in [0.25, 0.3) is 0 Å². The lowest BCUT2D eigenvalue weighted by molar-refractivity contribution is -0.122. The number of aromatic hydroxyl groups is 2. The lowest BCUT2D eigenvalue weighted by Gasteiger charge is -2.60. The normalized spacial score (nSPS) is 26.1. The largest absolute Gasteiger partial charge is 0.507 e. The van der Waals surface area contributed by atoms with E-state index in [1.54, 1.807) is 7.11 Å². The number of carbonyl (C=O) groups excluding carboxylic acids is 1. The Kier molecular flexibility index (Phi) is 6.70. The van der Waals surface area contributed by atoms with Gasteiger partial charge in [0.1, 0.15) is 11.8 Å². The molecule has 10 heteroatoms. The van der Waals surface area contributed by atoms with E-state index in [0.717, 1.165) is 27.8 Å². The Balaban J connectivity index is 1.55. The lowest BCUT2D eigenvalue weighted by Crippen LogP contribution is -2.68. The summed E-state index contributed by atoms with van der Waals surface area (Å²) in [6.07, 6.45) is 1.39. The van der Waals surface area contributed by atoms with Gasteiger partial charge in [0.15, 0.2) is 23.0 Å². The van der Waals surface area contributed by atoms with Gasteiger partial charge < -0.3 is 29.7 Å². The van der Waals surface area contributed by atoms with Crippen molar-refractivity contribution in [3.05, 3.63) is 39.4 Å². The van der Waals surface area contributed by atoms with Gasteiger partial charge in [0.2, 0.25) is 12.7 Å². The van der Waals surface area contributed by atoms with Crippen LogP contribution in [0.1, 0.15) is 65.7 Å². The van der Waals surface area contributed by atoms with E-state index in [1.165, 1.54) is 0 Å². The number of phenolic OH excluding ortho intramolecular Hbond substituents is 2. The molecule has 3 N–H and O–H groups in total. The van der Waals surface area contributed by atoms with E-state index in [2.05, 4.69) is 27.3 Å². The number of hydrogen-bond acceptors (Lipinski definition) is 9. The van der Waals surface area contributed by atoms with Crippen molar-refractivity contribution in [2.45, 2.75) is 77.2 Å². The van der Waals surface area contributed by atoms with Gasteiger partial charge in [0, 0.05) is 47.3 Å². The van der Waals surface area contributed by atoms with E-state index in [0.29, 0.717) is 42.1 Å². The average molecular weight is 563 g/mol. The molecule has 0 aliphatic carbocycles. The maximum Gasteiger partial charge on any atom is 0.231 e. The van der Waals surface area contributed by atoms with Gasteiger partial charge in [0.05, 0.1) is 25.3 Å². The van der Waals surface area contributed by atoms with Crippen LogP contribution in [0.3, 0.4) is 0 Å². The molecular weight excluding hydrogens is 524 g/mol. The summed E-state index contributed by atoms with van der Waals surface area (Å²) < 4.78 is 17.4. The van der Waals surface area contributed by atoms with Crippen molar-refractivity contribution in [1.29, 1.82) is 5.26 Å². The number of likely N-dealkylation sites (N-methyl/N-ethyl adjacent to an activating group) is 1. The highest BCUT2D eigenvalue weighted by Crippen LogP contribution is 2.58. The first kappa shape index (κ1) is 27.5. The van der Waals surface area contributed by atoms with Gasteiger partial charge in [-0.2, -0.15) is 5.26 Å². The summed E-state index contributed by atoms with van der Waals surface area (Å²) in [6.45, 7) is 8.00. The molecular formula is C31H38N4O6. The van der Waals surface area contributed by atoms with Crippen molar-refractivity contribution < 1.29 is 29.2 Å². The number of amides is 1. The fourth-order valence-electron chi connectivity index (χ4n) is 7.70. The number of benzene rings is 2. The van der Waals surface area contributed by atoms with Gasteiger partial charge in [-0.1, -0.05) is 19.9 Å². The van der Waals surface area contributed by atoms with Gasteiger partial charge >= 0.3 is 0 Å². The molecule has 0 saturated carbocycles. The fourth-order valence-corrected chi connectivity index (χ4v) is 7.70. The van der Waals surface area contributed by atoms with Crippen molar-refractivity contribution in [2.75, 3.05) is 27.5 Å². The number of carbonyl (C=O) groups is 1. The minimum atomic E-state index is -0.513. The standard InChI is InChI=1S/C31H38N4O6/c1-14(2)7-23(36)33-12-22-25-18(27(37)16(4)30-31(25)41-13-40-30)10-20-26-24-17(8-15(3)29(39-6)28(24)38)9-19(34(26)5)21(11-32)35(20)22/h8,14,19-22,26,37-38H,7,9-10,12-13H2,1-6H3,(H,33,36)/t19-,20?,21-,22-,26?/m0/s1. The van der Waals surface area contributed by atoms with E-state index in [-0.39, 0.29) is 54.8 Å². The van der Waals surface area contributed by atoms with Gasteiger partial charge in [0.25, 0.3) is 0 Å². The average Bonchev–Trinajstić information content (AvgIpc) is 3.41. The van der Waals surface area contributed by atoms with E-state index in [9.17, 15) is 20.3 Å². The SMILES string of the molecule is COc1c(C)cc2c(c1O)C1C3Cc4c(O)c(C)c5c(c4[C@H](CNC(=O)CC(C)C)N3[C@@H](C#N)[C@H](C2)N1C)OCO5. The predicted molar refractivity (Wildman–Crippen MR) is 150 cm³/mol. The highest BCUT2D eigenvalue weighted by atomic mass is 16.7. The van der Waals surface area contributed by atoms with Crippen LogP contribution >= 0.6 is 0 Å². The number of nitrogens with zero attached hydrogens (tertiary/aromatic N) is 3. The number of rotatable bonds is 5. The van der Waals surface area contributed by atoms with Crippen molar-refractivity contribution in [3.8, 4) is 34.8 Å². The van der Waals surface area contributed by atoms with E-state index in [4.69, 9.17) is 14.2 Å². The molecule has 1 saturated heterocycles. The van der Waals surface area contributed by atoms with Crippen LogP contribution < -0.4 is 19.5 Å². The molecule has 5 atom stereocenters. The number of piperazine rings is 1. The second-order valence-corrected chi connectivity index (χ2v) is 12.2. The summed E-state index contributed by atoms with van der Waals surface area (Å²) in [5.74, 6) is 1.90. The Morgan fingerprint density at radius 2 is 1.90 bits per heavy atom. The second kappa shape index (κ2) is 10.00. The zero-order chi connectivity index (χ0) is 29.3. The number of ether oxygens (including phenoxy) is 3. The Labute approximate surface area is 240 Å². The third kappa shape index (κ3) is 4.01. The van der Waals surface area contributed by atoms with Gasteiger partial charge in [-0.15, -0.1) is 0 Å². The first-order valence-corrected chi connectivity index (χ1v) is 14.3. The molecule has 41 heavy (non-hydrogen) atoms. The number of fused-ring (bicyclic) bond motifs is 9. The van der Waals surface area contributed by atoms with E-state index >= 15 is 0 Å². The molecule has 4 heterocycles. The molecule has 10 nitrogen and oxygen atoms in total. The highest BCUT2D eigenvalue weighted by molar-refractivity contribution is 5.76. The zero-order valence-electron chi connectivity index (χ0n) is 24.4. The van der Waals surface area contributed by atoms with Crippen molar-refractivity contribution in [3.63, 3.8) is 0 Å². The Morgan fingerprint density at radius 3 is 2.59 bits per heavy atom. The van der Waals surface area contributed by atoms with Crippen LogP contribution in [-0.4, -0.2) is 71.5 Å². The summed E-state index contributed by atoms with van der Waals surface area (Å²) >= 11 is 0. The minimum Gasteiger partial charge on any atom is -0.507 e. The molecule has 1 amide bonds. The molecule has 2 aromatic carbocycles. The zero-order valence-corrected chi connectivity index (χ0v) is 24.4. The molecule has 2 aromatic rings. The molecule has 1 fully saturated rings. The Bertz CT molecular complexity index is 1470. The Hall–Kier alpha value is -3.68. The fraction of sp³-hybridized carbons (Fsp3) is 0.548. The smallest absolute Gasteiger partial charge is 0.231 e. The van der Waals surface area contributed by atoms with Crippen LogP contribution in [0, 0.1) is 31.1 Å². The minimum absolute atomic E-state index is 0.0397. The molecule has 0 radical (unpaired) electrons. The molecule has 6 rings (SSSR count). The van der Waals surface area contributed by atoms with Crippen molar-refractivity contribution in [1.82, 2.24) is 15.1 Å². The maximum absolute atomic E-state index is 12.9. The van der Waals surface area contributed by atoms with Crippen LogP contribution in [0.2, 0.25) is 0 Å². The van der Waals surface area contributed by atoms with Crippen LogP contribution in [0.5, 0.6) is 28.7 Å². The molecule has 2 unspecified atom stereocenters. The molecule has 4 aliphatic heterocycles. The predicted octanol–water partition coefficient (Wildman–Crippen LogP) is 3.39. The molecule has 2 bridgehead atoms. The monoisotopic (exact) mass is 562 g/mol. The summed E-state index contributed by atoms with van der Waals surface area (Å²) in [5.41, 5.74) is 4.74. The summed E-state index contributed by atoms with van der Waals surface area (Å²) in [6, 6.07) is 2.96. The number of phenols is 2. The van der Waals surface area contributed by atoms with Gasteiger partial charge in [-0.05, 0) is 50.8 Å². The number of aryl methyl sites for hydroxylation is 1. The van der Waals surface area contributed by atoms with Gasteiger partial charge in [-0.3, -0.25) is 14.6 Å². The molecule has 0 spiro atoms. The quantitative estimate of drug-likeness (QED) is 0.503. The van der Waals surface area contributed by atoms with E-state index in [1.807, 2.05) is 34.7 Å².